The van der Waals surface area contributed by atoms with Crippen molar-refractivity contribution >= 4 is 0 Å². The van der Waals surface area contributed by atoms with Gasteiger partial charge in [0.15, 0.2) is 0 Å². The molecule has 0 bridgehead atoms. The van der Waals surface area contributed by atoms with E-state index in [1.807, 2.05) is 0 Å². The molecule has 1 heteroatoms. The van der Waals surface area contributed by atoms with Crippen LogP contribution in [0, 0.1) is 0 Å². The Kier molecular flexibility index (Phi) is 3.43. The van der Waals surface area contributed by atoms with E-state index in [1.54, 1.807) is 5.56 Å². The molecule has 98 valence electrons. The van der Waals surface area contributed by atoms with Gasteiger partial charge in [-0.05, 0) is 49.1 Å². The summed E-state index contributed by atoms with van der Waals surface area (Å²) in [5, 5.41) is 0. The summed E-state index contributed by atoms with van der Waals surface area (Å²) in [4.78, 5) is 0. The molecule has 0 spiro atoms. The topological polar surface area (TPSA) is 26.0 Å². The van der Waals surface area contributed by atoms with Crippen LogP contribution in [0.25, 0.3) is 0 Å². The van der Waals surface area contributed by atoms with Crippen molar-refractivity contribution in [3.8, 4) is 0 Å². The molecule has 0 radical (unpaired) electrons. The van der Waals surface area contributed by atoms with E-state index in [0.29, 0.717) is 0 Å². The first kappa shape index (κ1) is 12.2. The molecular formula is C17H25N. The highest BCUT2D eigenvalue weighted by Crippen LogP contribution is 2.44. The second-order valence-electron chi connectivity index (χ2n) is 6.29. The lowest BCUT2D eigenvalue weighted by Crippen LogP contribution is -2.44. The van der Waals surface area contributed by atoms with E-state index in [4.69, 9.17) is 5.73 Å². The molecule has 3 rings (SSSR count). The summed E-state index contributed by atoms with van der Waals surface area (Å²) < 4.78 is 0. The van der Waals surface area contributed by atoms with E-state index >= 15 is 0 Å². The minimum absolute atomic E-state index is 0.00287. The summed E-state index contributed by atoms with van der Waals surface area (Å²) in [5.41, 5.74) is 9.61. The van der Waals surface area contributed by atoms with Gasteiger partial charge >= 0.3 is 0 Å². The molecule has 0 aliphatic heterocycles. The Bertz CT molecular complexity index is 398. The number of rotatable bonds is 2. The highest BCUT2D eigenvalue weighted by atomic mass is 14.8. The molecule has 1 aromatic carbocycles. The first-order valence-corrected chi connectivity index (χ1v) is 7.68. The molecule has 0 atom stereocenters. The molecule has 2 N–H and O–H groups in total. The fourth-order valence-corrected chi connectivity index (χ4v) is 3.72. The molecule has 2 aliphatic rings. The van der Waals surface area contributed by atoms with Crippen molar-refractivity contribution in [2.45, 2.75) is 69.2 Å². The maximum atomic E-state index is 6.57. The van der Waals surface area contributed by atoms with Gasteiger partial charge in [0.2, 0.25) is 0 Å². The predicted octanol–water partition coefficient (Wildman–Crippen LogP) is 4.46. The lowest BCUT2D eigenvalue weighted by Gasteiger charge is -2.41. The summed E-state index contributed by atoms with van der Waals surface area (Å²) >= 11 is 0. The van der Waals surface area contributed by atoms with Gasteiger partial charge in [0.25, 0.3) is 0 Å². The molecular weight excluding hydrogens is 218 g/mol. The van der Waals surface area contributed by atoms with E-state index in [-0.39, 0.29) is 5.54 Å². The third-order valence-electron chi connectivity index (χ3n) is 5.04. The summed E-state index contributed by atoms with van der Waals surface area (Å²) in [6.07, 6.45) is 12.0. The highest BCUT2D eigenvalue weighted by Gasteiger charge is 2.36. The third-order valence-corrected chi connectivity index (χ3v) is 5.04. The molecule has 0 unspecified atom stereocenters. The van der Waals surface area contributed by atoms with Gasteiger partial charge in [-0.1, -0.05) is 49.9 Å². The van der Waals surface area contributed by atoms with Crippen LogP contribution in [0.5, 0.6) is 0 Å². The van der Waals surface area contributed by atoms with Crippen molar-refractivity contribution in [2.24, 2.45) is 5.73 Å². The average molecular weight is 243 g/mol. The van der Waals surface area contributed by atoms with Crippen molar-refractivity contribution in [3.05, 3.63) is 35.4 Å². The Morgan fingerprint density at radius 3 is 2.17 bits per heavy atom. The van der Waals surface area contributed by atoms with Gasteiger partial charge in [-0.2, -0.15) is 0 Å². The first-order chi connectivity index (χ1) is 8.80. The quantitative estimate of drug-likeness (QED) is 0.762. The molecule has 0 aromatic heterocycles. The van der Waals surface area contributed by atoms with Gasteiger partial charge in [-0.25, -0.2) is 0 Å². The molecule has 0 amide bonds. The van der Waals surface area contributed by atoms with Gasteiger partial charge in [-0.3, -0.25) is 0 Å². The molecule has 1 aromatic rings. The molecule has 1 nitrogen and oxygen atoms in total. The van der Waals surface area contributed by atoms with Crippen LogP contribution in [-0.2, 0) is 5.54 Å². The number of hydrogen-bond acceptors (Lipinski definition) is 1. The Morgan fingerprint density at radius 1 is 0.889 bits per heavy atom. The van der Waals surface area contributed by atoms with E-state index in [2.05, 4.69) is 24.3 Å². The minimum Gasteiger partial charge on any atom is -0.321 e. The number of hydrogen-bond donors (Lipinski definition) is 1. The second kappa shape index (κ2) is 5.05. The van der Waals surface area contributed by atoms with Crippen molar-refractivity contribution in [3.63, 3.8) is 0 Å². The van der Waals surface area contributed by atoms with Gasteiger partial charge in [-0.15, -0.1) is 0 Å². The number of benzene rings is 1. The van der Waals surface area contributed by atoms with E-state index < -0.39 is 0 Å². The summed E-state index contributed by atoms with van der Waals surface area (Å²) in [6.45, 7) is 0. The zero-order valence-electron chi connectivity index (χ0n) is 11.3. The van der Waals surface area contributed by atoms with Crippen molar-refractivity contribution in [2.75, 3.05) is 0 Å². The van der Waals surface area contributed by atoms with Crippen LogP contribution < -0.4 is 5.73 Å². The number of nitrogens with two attached hydrogens (primary N) is 1. The lowest BCUT2D eigenvalue weighted by atomic mass is 9.69. The zero-order valence-corrected chi connectivity index (χ0v) is 11.3. The zero-order chi connectivity index (χ0) is 12.4. The largest absolute Gasteiger partial charge is 0.321 e. The fraction of sp³-hybridized carbons (Fsp3) is 0.647. The van der Waals surface area contributed by atoms with Crippen molar-refractivity contribution < 1.29 is 0 Å². The maximum Gasteiger partial charge on any atom is 0.0412 e. The monoisotopic (exact) mass is 243 g/mol. The molecule has 0 heterocycles. The van der Waals surface area contributed by atoms with E-state index in [0.717, 1.165) is 5.92 Å². The van der Waals surface area contributed by atoms with Gasteiger partial charge < -0.3 is 5.73 Å². The van der Waals surface area contributed by atoms with Crippen LogP contribution >= 0.6 is 0 Å². The SMILES string of the molecule is NC1(c2ccccc2C2CCCCCC2)CCC1. The van der Waals surface area contributed by atoms with Crippen LogP contribution in [0.15, 0.2) is 24.3 Å². The molecule has 2 fully saturated rings. The van der Waals surface area contributed by atoms with Crippen LogP contribution in [-0.4, -0.2) is 0 Å². The van der Waals surface area contributed by atoms with Crippen LogP contribution in [0.3, 0.4) is 0 Å². The van der Waals surface area contributed by atoms with Gasteiger partial charge in [0.1, 0.15) is 0 Å². The standard InChI is InChI=1S/C17H25N/c18-17(12-7-13-17)16-11-6-5-10-15(16)14-8-3-1-2-4-9-14/h5-6,10-11,14H,1-4,7-9,12-13,18H2. The van der Waals surface area contributed by atoms with Gasteiger partial charge in [0, 0.05) is 5.54 Å². The van der Waals surface area contributed by atoms with Crippen LogP contribution in [0.2, 0.25) is 0 Å². The van der Waals surface area contributed by atoms with Crippen LogP contribution in [0.1, 0.15) is 74.8 Å². The summed E-state index contributed by atoms with van der Waals surface area (Å²) in [7, 11) is 0. The Hall–Kier alpha value is -0.820. The van der Waals surface area contributed by atoms with Crippen molar-refractivity contribution in [1.82, 2.24) is 0 Å². The van der Waals surface area contributed by atoms with E-state index in [9.17, 15) is 0 Å². The van der Waals surface area contributed by atoms with Crippen molar-refractivity contribution in [1.29, 1.82) is 0 Å². The summed E-state index contributed by atoms with van der Waals surface area (Å²) in [5.74, 6) is 0.768. The Labute approximate surface area is 111 Å². The highest BCUT2D eigenvalue weighted by molar-refractivity contribution is 5.37. The molecule has 0 saturated heterocycles. The second-order valence-corrected chi connectivity index (χ2v) is 6.29. The van der Waals surface area contributed by atoms with Gasteiger partial charge in [0.05, 0.1) is 0 Å². The Balaban J connectivity index is 1.90. The lowest BCUT2D eigenvalue weighted by molar-refractivity contribution is 0.250. The minimum atomic E-state index is 0.00287. The maximum absolute atomic E-state index is 6.57. The molecule has 18 heavy (non-hydrogen) atoms. The molecule has 2 aliphatic carbocycles. The smallest absolute Gasteiger partial charge is 0.0412 e. The molecule has 2 saturated carbocycles. The average Bonchev–Trinajstić information content (AvgIpc) is 2.65. The fourth-order valence-electron chi connectivity index (χ4n) is 3.72. The predicted molar refractivity (Wildman–Crippen MR) is 76.6 cm³/mol. The summed E-state index contributed by atoms with van der Waals surface area (Å²) in [6, 6.07) is 9.01. The normalized spacial score (nSPS) is 24.3. The van der Waals surface area contributed by atoms with E-state index in [1.165, 1.54) is 63.4 Å². The van der Waals surface area contributed by atoms with Crippen LogP contribution in [0.4, 0.5) is 0 Å². The Morgan fingerprint density at radius 2 is 1.56 bits per heavy atom. The first-order valence-electron chi connectivity index (χ1n) is 7.68. The third kappa shape index (κ3) is 2.21.